The van der Waals surface area contributed by atoms with E-state index < -0.39 is 0 Å². The molecule has 1 aromatic rings. The van der Waals surface area contributed by atoms with Gasteiger partial charge in [-0.1, -0.05) is 11.6 Å². The zero-order valence-electron chi connectivity index (χ0n) is 10.7. The van der Waals surface area contributed by atoms with Crippen LogP contribution in [0.3, 0.4) is 0 Å². The molecule has 1 heterocycles. The highest BCUT2D eigenvalue weighted by Gasteiger charge is 2.19. The summed E-state index contributed by atoms with van der Waals surface area (Å²) < 4.78 is 1.38. The molecule has 0 radical (unpaired) electrons. The molecule has 1 aromatic heterocycles. The number of anilines is 1. The second kappa shape index (κ2) is 5.71. The normalized spacial score (nSPS) is 15.1. The molecule has 18 heavy (non-hydrogen) atoms. The van der Waals surface area contributed by atoms with Gasteiger partial charge in [-0.2, -0.15) is 5.10 Å². The molecule has 0 aromatic carbocycles. The third-order valence-corrected chi connectivity index (χ3v) is 3.25. The third kappa shape index (κ3) is 3.23. The van der Waals surface area contributed by atoms with Gasteiger partial charge in [-0.25, -0.2) is 4.68 Å². The van der Waals surface area contributed by atoms with E-state index in [1.54, 1.807) is 6.20 Å². The van der Waals surface area contributed by atoms with Crippen LogP contribution in [0.4, 0.5) is 5.69 Å². The summed E-state index contributed by atoms with van der Waals surface area (Å²) in [5.74, 6) is 0. The molecule has 1 saturated carbocycles. The monoisotopic (exact) mass is 270 g/mol. The number of nitrogens with zero attached hydrogens (tertiary/aromatic N) is 2. The average molecular weight is 271 g/mol. The molecule has 0 unspecified atom stereocenters. The lowest BCUT2D eigenvalue weighted by atomic mass is 10.4. The van der Waals surface area contributed by atoms with Crippen molar-refractivity contribution in [3.05, 3.63) is 21.6 Å². The van der Waals surface area contributed by atoms with Gasteiger partial charge in [-0.05, 0) is 26.7 Å². The number of hydrogen-bond acceptors (Lipinski definition) is 4. The average Bonchev–Trinajstić information content (AvgIpc) is 3.13. The maximum Gasteiger partial charge on any atom is 0.287 e. The fraction of sp³-hybridized carbons (Fsp3) is 0.667. The van der Waals surface area contributed by atoms with Crippen molar-refractivity contribution in [1.29, 1.82) is 0 Å². The third-order valence-electron chi connectivity index (χ3n) is 2.88. The van der Waals surface area contributed by atoms with Gasteiger partial charge in [0.1, 0.15) is 5.02 Å². The first-order valence-corrected chi connectivity index (χ1v) is 6.72. The Kier molecular flexibility index (Phi) is 4.24. The van der Waals surface area contributed by atoms with Gasteiger partial charge in [0.2, 0.25) is 0 Å². The molecule has 0 amide bonds. The van der Waals surface area contributed by atoms with Crippen LogP contribution in [-0.2, 0) is 0 Å². The summed E-state index contributed by atoms with van der Waals surface area (Å²) in [7, 11) is 0. The lowest BCUT2D eigenvalue weighted by Crippen LogP contribution is -2.27. The van der Waals surface area contributed by atoms with Crippen LogP contribution in [0.1, 0.15) is 32.7 Å². The van der Waals surface area contributed by atoms with Crippen molar-refractivity contribution in [2.45, 2.75) is 38.8 Å². The van der Waals surface area contributed by atoms with Crippen molar-refractivity contribution >= 4 is 17.3 Å². The quantitative estimate of drug-likeness (QED) is 0.772. The van der Waals surface area contributed by atoms with Crippen molar-refractivity contribution in [2.24, 2.45) is 0 Å². The molecule has 6 heteroatoms. The topological polar surface area (TPSA) is 59.0 Å². The highest BCUT2D eigenvalue weighted by Crippen LogP contribution is 2.18. The Balaban J connectivity index is 1.95. The molecule has 100 valence electrons. The summed E-state index contributed by atoms with van der Waals surface area (Å²) in [6.07, 6.45) is 4.15. The molecule has 0 aliphatic heterocycles. The van der Waals surface area contributed by atoms with Gasteiger partial charge < -0.3 is 10.6 Å². The molecular weight excluding hydrogens is 252 g/mol. The van der Waals surface area contributed by atoms with E-state index in [4.69, 9.17) is 11.6 Å². The summed E-state index contributed by atoms with van der Waals surface area (Å²) in [6, 6.07) is 0.704. The highest BCUT2D eigenvalue weighted by molar-refractivity contribution is 6.32. The first-order chi connectivity index (χ1) is 8.59. The second-order valence-corrected chi connectivity index (χ2v) is 5.25. The minimum atomic E-state index is -0.244. The van der Waals surface area contributed by atoms with Crippen molar-refractivity contribution in [1.82, 2.24) is 15.1 Å². The molecule has 2 N–H and O–H groups in total. The molecule has 0 saturated heterocycles. The van der Waals surface area contributed by atoms with E-state index in [9.17, 15) is 4.79 Å². The zero-order valence-corrected chi connectivity index (χ0v) is 11.5. The van der Waals surface area contributed by atoms with Crippen LogP contribution in [0.5, 0.6) is 0 Å². The molecule has 5 nitrogen and oxygen atoms in total. The minimum absolute atomic E-state index is 0.0144. The van der Waals surface area contributed by atoms with Gasteiger partial charge in [0.05, 0.1) is 17.9 Å². The lowest BCUT2D eigenvalue weighted by molar-refractivity contribution is 0.503. The SMILES string of the molecule is CC(C)n1ncc(NCCNC2CC2)c(Cl)c1=O. The van der Waals surface area contributed by atoms with Crippen LogP contribution in [0.15, 0.2) is 11.0 Å². The van der Waals surface area contributed by atoms with E-state index in [1.165, 1.54) is 17.5 Å². The number of halogens is 1. The van der Waals surface area contributed by atoms with Crippen LogP contribution in [0, 0.1) is 0 Å². The Morgan fingerprint density at radius 3 is 2.83 bits per heavy atom. The van der Waals surface area contributed by atoms with E-state index in [1.807, 2.05) is 13.8 Å². The van der Waals surface area contributed by atoms with Gasteiger partial charge >= 0.3 is 0 Å². The molecule has 1 fully saturated rings. The summed E-state index contributed by atoms with van der Waals surface area (Å²) in [5.41, 5.74) is 0.364. The van der Waals surface area contributed by atoms with Crippen LogP contribution < -0.4 is 16.2 Å². The molecule has 1 aliphatic rings. The first kappa shape index (κ1) is 13.4. The predicted octanol–water partition coefficient (Wildman–Crippen LogP) is 1.64. The Hall–Kier alpha value is -1.07. The van der Waals surface area contributed by atoms with E-state index in [0.29, 0.717) is 11.7 Å². The largest absolute Gasteiger partial charge is 0.381 e. The van der Waals surface area contributed by atoms with Crippen LogP contribution >= 0.6 is 11.6 Å². The lowest BCUT2D eigenvalue weighted by Gasteiger charge is -2.12. The summed E-state index contributed by atoms with van der Waals surface area (Å²) >= 11 is 6.04. The maximum atomic E-state index is 11.9. The number of nitrogens with one attached hydrogen (secondary N) is 2. The van der Waals surface area contributed by atoms with Gasteiger partial charge in [-0.15, -0.1) is 0 Å². The van der Waals surface area contributed by atoms with Crippen LogP contribution in [0.2, 0.25) is 5.02 Å². The van der Waals surface area contributed by atoms with Crippen molar-refractivity contribution in [3.63, 3.8) is 0 Å². The Labute approximate surface area is 112 Å². The van der Waals surface area contributed by atoms with Crippen molar-refractivity contribution < 1.29 is 0 Å². The standard InChI is InChI=1S/C12H19ClN4O/c1-8(2)17-12(18)11(13)10(7-16-17)15-6-5-14-9-3-4-9/h7-9,14-15H,3-6H2,1-2H3. The summed E-state index contributed by atoms with van der Waals surface area (Å²) in [6.45, 7) is 5.41. The molecular formula is C12H19ClN4O. The fourth-order valence-electron chi connectivity index (χ4n) is 1.70. The molecule has 2 rings (SSSR count). The molecule has 1 aliphatic carbocycles. The maximum absolute atomic E-state index is 11.9. The fourth-order valence-corrected chi connectivity index (χ4v) is 1.90. The van der Waals surface area contributed by atoms with Crippen molar-refractivity contribution in [2.75, 3.05) is 18.4 Å². The molecule has 0 atom stereocenters. The Morgan fingerprint density at radius 2 is 2.22 bits per heavy atom. The first-order valence-electron chi connectivity index (χ1n) is 6.34. The van der Waals surface area contributed by atoms with Crippen LogP contribution in [-0.4, -0.2) is 28.9 Å². The van der Waals surface area contributed by atoms with Gasteiger partial charge in [0.15, 0.2) is 0 Å². The van der Waals surface area contributed by atoms with E-state index in [0.717, 1.165) is 13.1 Å². The van der Waals surface area contributed by atoms with E-state index in [-0.39, 0.29) is 16.6 Å². The second-order valence-electron chi connectivity index (χ2n) is 4.87. The highest BCUT2D eigenvalue weighted by atomic mass is 35.5. The summed E-state index contributed by atoms with van der Waals surface area (Å²) in [4.78, 5) is 11.9. The van der Waals surface area contributed by atoms with E-state index >= 15 is 0 Å². The number of aromatic nitrogens is 2. The smallest absolute Gasteiger partial charge is 0.287 e. The van der Waals surface area contributed by atoms with Gasteiger partial charge in [0, 0.05) is 19.1 Å². The Bertz CT molecular complexity index is 468. The minimum Gasteiger partial charge on any atom is -0.381 e. The van der Waals surface area contributed by atoms with Crippen molar-refractivity contribution in [3.8, 4) is 0 Å². The van der Waals surface area contributed by atoms with Gasteiger partial charge in [-0.3, -0.25) is 4.79 Å². The number of hydrogen-bond donors (Lipinski definition) is 2. The molecule has 0 spiro atoms. The Morgan fingerprint density at radius 1 is 1.50 bits per heavy atom. The number of rotatable bonds is 6. The molecule has 0 bridgehead atoms. The zero-order chi connectivity index (χ0) is 13.1. The van der Waals surface area contributed by atoms with E-state index in [2.05, 4.69) is 15.7 Å². The summed E-state index contributed by atoms with van der Waals surface area (Å²) in [5, 5.41) is 10.8. The van der Waals surface area contributed by atoms with Crippen LogP contribution in [0.25, 0.3) is 0 Å². The van der Waals surface area contributed by atoms with Gasteiger partial charge in [0.25, 0.3) is 5.56 Å². The predicted molar refractivity (Wildman–Crippen MR) is 73.4 cm³/mol.